The average Bonchev–Trinajstić information content (AvgIpc) is 1.90. The van der Waals surface area contributed by atoms with Crippen LogP contribution in [0.2, 0.25) is 0 Å². The largest absolute Gasteiger partial charge is 0.369 e. The van der Waals surface area contributed by atoms with Gasteiger partial charge in [-0.2, -0.15) is 0 Å². The molecule has 11 heavy (non-hydrogen) atoms. The molecular weight excluding hydrogens is 138 g/mol. The Morgan fingerprint density at radius 1 is 1.64 bits per heavy atom. The smallest absolute Gasteiger partial charge is 0.224 e. The lowest BCUT2D eigenvalue weighted by Gasteiger charge is -2.39. The van der Waals surface area contributed by atoms with Gasteiger partial charge in [-0.1, -0.05) is 11.6 Å². The summed E-state index contributed by atoms with van der Waals surface area (Å²) < 4.78 is 0. The van der Waals surface area contributed by atoms with Crippen molar-refractivity contribution in [1.29, 1.82) is 0 Å². The van der Waals surface area contributed by atoms with E-state index in [1.165, 1.54) is 18.4 Å². The number of fused-ring (bicyclic) bond motifs is 1. The fourth-order valence-electron chi connectivity index (χ4n) is 2.19. The summed E-state index contributed by atoms with van der Waals surface area (Å²) in [5.41, 5.74) is 6.56. The van der Waals surface area contributed by atoms with Crippen LogP contribution in [-0.4, -0.2) is 5.91 Å². The van der Waals surface area contributed by atoms with Crippen molar-refractivity contribution in [2.45, 2.75) is 25.7 Å². The monoisotopic (exact) mass is 151 g/mol. The summed E-state index contributed by atoms with van der Waals surface area (Å²) in [6.45, 7) is 0. The summed E-state index contributed by atoms with van der Waals surface area (Å²) in [7, 11) is 0. The van der Waals surface area contributed by atoms with Gasteiger partial charge in [-0.3, -0.25) is 4.79 Å². The molecular formula is C9H13NO. The van der Waals surface area contributed by atoms with E-state index in [0.29, 0.717) is 5.92 Å². The summed E-state index contributed by atoms with van der Waals surface area (Å²) in [5.74, 6) is 0.677. The van der Waals surface area contributed by atoms with Crippen LogP contribution < -0.4 is 5.73 Å². The molecule has 0 aromatic carbocycles. The standard InChI is InChI=1S/C9H13NO/c10-9(11)8-5-6-3-1-2-4-7(6)8/h4,6,8H,1-3,5H2,(H2,10,11). The van der Waals surface area contributed by atoms with Crippen LogP contribution in [0.3, 0.4) is 0 Å². The van der Waals surface area contributed by atoms with Crippen LogP contribution in [-0.2, 0) is 4.79 Å². The number of hydrogen-bond acceptors (Lipinski definition) is 1. The minimum Gasteiger partial charge on any atom is -0.369 e. The fourth-order valence-corrected chi connectivity index (χ4v) is 2.19. The van der Waals surface area contributed by atoms with Gasteiger partial charge < -0.3 is 5.73 Å². The second-order valence-corrected chi connectivity index (χ2v) is 3.52. The molecule has 1 saturated carbocycles. The highest BCUT2D eigenvalue weighted by Crippen LogP contribution is 2.45. The molecule has 0 bridgehead atoms. The number of carbonyl (C=O) groups is 1. The van der Waals surface area contributed by atoms with Crippen LogP contribution in [0, 0.1) is 11.8 Å². The van der Waals surface area contributed by atoms with Crippen LogP contribution in [0.4, 0.5) is 0 Å². The Labute approximate surface area is 66.5 Å². The van der Waals surface area contributed by atoms with Gasteiger partial charge in [-0.15, -0.1) is 0 Å². The van der Waals surface area contributed by atoms with E-state index in [0.717, 1.165) is 12.8 Å². The molecule has 0 aliphatic heterocycles. The summed E-state index contributed by atoms with van der Waals surface area (Å²) >= 11 is 0. The molecule has 1 fully saturated rings. The predicted molar refractivity (Wildman–Crippen MR) is 42.7 cm³/mol. The molecule has 2 aliphatic rings. The van der Waals surface area contributed by atoms with Crippen LogP contribution in [0.1, 0.15) is 25.7 Å². The van der Waals surface area contributed by atoms with Crippen molar-refractivity contribution in [3.63, 3.8) is 0 Å². The fraction of sp³-hybridized carbons (Fsp3) is 0.667. The van der Waals surface area contributed by atoms with Crippen molar-refractivity contribution in [3.05, 3.63) is 11.6 Å². The number of nitrogens with two attached hydrogens (primary N) is 1. The zero-order chi connectivity index (χ0) is 7.84. The van der Waals surface area contributed by atoms with Gasteiger partial charge in [0.05, 0.1) is 5.92 Å². The molecule has 2 N–H and O–H groups in total. The Morgan fingerprint density at radius 2 is 2.45 bits per heavy atom. The highest BCUT2D eigenvalue weighted by Gasteiger charge is 2.38. The van der Waals surface area contributed by atoms with E-state index in [9.17, 15) is 4.79 Å². The molecule has 2 atom stereocenters. The molecule has 0 heterocycles. The highest BCUT2D eigenvalue weighted by atomic mass is 16.1. The molecule has 60 valence electrons. The molecule has 2 heteroatoms. The van der Waals surface area contributed by atoms with Gasteiger partial charge in [0.25, 0.3) is 0 Å². The second-order valence-electron chi connectivity index (χ2n) is 3.52. The molecule has 1 amide bonds. The topological polar surface area (TPSA) is 43.1 Å². The first kappa shape index (κ1) is 6.89. The van der Waals surface area contributed by atoms with Gasteiger partial charge in [0, 0.05) is 0 Å². The molecule has 0 saturated heterocycles. The molecule has 2 rings (SSSR count). The van der Waals surface area contributed by atoms with E-state index in [1.807, 2.05) is 0 Å². The third-order valence-corrected chi connectivity index (χ3v) is 2.87. The Kier molecular flexibility index (Phi) is 1.48. The maximum absolute atomic E-state index is 10.8. The van der Waals surface area contributed by atoms with E-state index in [2.05, 4.69) is 6.08 Å². The quantitative estimate of drug-likeness (QED) is 0.562. The van der Waals surface area contributed by atoms with Gasteiger partial charge in [0.2, 0.25) is 5.91 Å². The first-order chi connectivity index (χ1) is 5.29. The zero-order valence-electron chi connectivity index (χ0n) is 6.55. The third-order valence-electron chi connectivity index (χ3n) is 2.87. The van der Waals surface area contributed by atoms with Gasteiger partial charge >= 0.3 is 0 Å². The summed E-state index contributed by atoms with van der Waals surface area (Å²) in [4.78, 5) is 10.8. The number of rotatable bonds is 1. The van der Waals surface area contributed by atoms with E-state index < -0.39 is 0 Å². The normalized spacial score (nSPS) is 35.1. The van der Waals surface area contributed by atoms with Gasteiger partial charge in [-0.25, -0.2) is 0 Å². The van der Waals surface area contributed by atoms with Gasteiger partial charge in [0.15, 0.2) is 0 Å². The third kappa shape index (κ3) is 0.971. The predicted octanol–water partition coefficient (Wildman–Crippen LogP) is 1.22. The minimum absolute atomic E-state index is 0.0975. The minimum atomic E-state index is -0.130. The SMILES string of the molecule is NC(=O)C1CC2CCCC=C21. The number of carbonyl (C=O) groups excluding carboxylic acids is 1. The maximum Gasteiger partial charge on any atom is 0.224 e. The number of allylic oxidation sites excluding steroid dienone is 1. The molecule has 2 nitrogen and oxygen atoms in total. The van der Waals surface area contributed by atoms with Crippen LogP contribution in [0.5, 0.6) is 0 Å². The second kappa shape index (κ2) is 2.36. The molecule has 0 spiro atoms. The number of hydrogen-bond donors (Lipinski definition) is 1. The summed E-state index contributed by atoms with van der Waals surface area (Å²) in [6, 6.07) is 0. The first-order valence-electron chi connectivity index (χ1n) is 4.28. The van der Waals surface area contributed by atoms with Gasteiger partial charge in [-0.05, 0) is 31.6 Å². The Hall–Kier alpha value is -0.790. The maximum atomic E-state index is 10.8. The molecule has 2 unspecified atom stereocenters. The van der Waals surface area contributed by atoms with Crippen LogP contribution >= 0.6 is 0 Å². The van der Waals surface area contributed by atoms with Crippen LogP contribution in [0.25, 0.3) is 0 Å². The van der Waals surface area contributed by atoms with Gasteiger partial charge in [0.1, 0.15) is 0 Å². The average molecular weight is 151 g/mol. The van der Waals surface area contributed by atoms with Crippen molar-refractivity contribution >= 4 is 5.91 Å². The lowest BCUT2D eigenvalue weighted by Crippen LogP contribution is -2.38. The lowest BCUT2D eigenvalue weighted by molar-refractivity contribution is -0.123. The molecule has 0 aromatic heterocycles. The first-order valence-corrected chi connectivity index (χ1v) is 4.28. The van der Waals surface area contributed by atoms with Crippen molar-refractivity contribution < 1.29 is 4.79 Å². The number of primary amides is 1. The summed E-state index contributed by atoms with van der Waals surface area (Å²) in [5, 5.41) is 0. The Morgan fingerprint density at radius 3 is 3.09 bits per heavy atom. The van der Waals surface area contributed by atoms with Crippen molar-refractivity contribution in [1.82, 2.24) is 0 Å². The van der Waals surface area contributed by atoms with E-state index >= 15 is 0 Å². The zero-order valence-corrected chi connectivity index (χ0v) is 6.55. The summed E-state index contributed by atoms with van der Waals surface area (Å²) in [6.07, 6.45) is 6.94. The van der Waals surface area contributed by atoms with Crippen molar-refractivity contribution in [2.24, 2.45) is 17.6 Å². The van der Waals surface area contributed by atoms with E-state index in [-0.39, 0.29) is 11.8 Å². The van der Waals surface area contributed by atoms with Crippen LogP contribution in [0.15, 0.2) is 11.6 Å². The Bertz CT molecular complexity index is 220. The van der Waals surface area contributed by atoms with E-state index in [1.54, 1.807) is 0 Å². The van der Waals surface area contributed by atoms with E-state index in [4.69, 9.17) is 5.73 Å². The highest BCUT2D eigenvalue weighted by molar-refractivity contribution is 5.81. The lowest BCUT2D eigenvalue weighted by atomic mass is 9.65. The number of amides is 1. The Balaban J connectivity index is 2.11. The van der Waals surface area contributed by atoms with Crippen molar-refractivity contribution in [2.75, 3.05) is 0 Å². The molecule has 0 aromatic rings. The molecule has 2 aliphatic carbocycles. The van der Waals surface area contributed by atoms with Crippen molar-refractivity contribution in [3.8, 4) is 0 Å². The molecule has 0 radical (unpaired) electrons.